The average molecular weight is 366 g/mol. The maximum absolute atomic E-state index is 12.4. The normalized spacial score (nSPS) is 25.2. The van der Waals surface area contributed by atoms with Gasteiger partial charge in [0.05, 0.1) is 24.5 Å². The minimum absolute atomic E-state index is 0.00823. The lowest BCUT2D eigenvalue weighted by Gasteiger charge is -2.23. The van der Waals surface area contributed by atoms with Crippen molar-refractivity contribution in [1.29, 1.82) is 0 Å². The zero-order chi connectivity index (χ0) is 18.0. The van der Waals surface area contributed by atoms with Gasteiger partial charge in [0.15, 0.2) is 9.84 Å². The van der Waals surface area contributed by atoms with Crippen LogP contribution in [0.1, 0.15) is 18.4 Å². The van der Waals surface area contributed by atoms with Crippen LogP contribution in [0.3, 0.4) is 0 Å². The number of nitrogens with zero attached hydrogens (tertiary/aromatic N) is 1. The molecule has 8 heteroatoms. The largest absolute Gasteiger partial charge is 0.496 e. The molecule has 0 aromatic heterocycles. The fourth-order valence-corrected chi connectivity index (χ4v) is 5.19. The molecule has 2 saturated heterocycles. The Bertz CT molecular complexity index is 777. The number of carbonyl (C=O) groups is 2. The summed E-state index contributed by atoms with van der Waals surface area (Å²) in [5.74, 6) is 0.0520. The van der Waals surface area contributed by atoms with Gasteiger partial charge in [-0.25, -0.2) is 8.42 Å². The second-order valence-electron chi connectivity index (χ2n) is 6.53. The summed E-state index contributed by atoms with van der Waals surface area (Å²) < 4.78 is 28.5. The van der Waals surface area contributed by atoms with Gasteiger partial charge in [0.25, 0.3) is 0 Å². The molecule has 3 rings (SSSR count). The molecule has 136 valence electrons. The molecule has 2 heterocycles. The van der Waals surface area contributed by atoms with E-state index in [9.17, 15) is 18.0 Å². The Morgan fingerprint density at radius 3 is 2.80 bits per heavy atom. The third kappa shape index (κ3) is 3.95. The topological polar surface area (TPSA) is 92.8 Å². The second kappa shape index (κ2) is 7.03. The van der Waals surface area contributed by atoms with Gasteiger partial charge in [-0.15, -0.1) is 0 Å². The van der Waals surface area contributed by atoms with Crippen molar-refractivity contribution in [1.82, 2.24) is 10.2 Å². The van der Waals surface area contributed by atoms with Crippen molar-refractivity contribution in [2.24, 2.45) is 5.92 Å². The van der Waals surface area contributed by atoms with Gasteiger partial charge in [0, 0.05) is 31.1 Å². The monoisotopic (exact) mass is 366 g/mol. The number of ether oxygens (including phenoxy) is 1. The number of rotatable bonds is 5. The molecular weight excluding hydrogens is 344 g/mol. The van der Waals surface area contributed by atoms with Gasteiger partial charge in [-0.2, -0.15) is 0 Å². The van der Waals surface area contributed by atoms with Crippen LogP contribution in [0.15, 0.2) is 24.3 Å². The summed E-state index contributed by atoms with van der Waals surface area (Å²) in [7, 11) is -1.48. The van der Waals surface area contributed by atoms with Gasteiger partial charge in [0.1, 0.15) is 5.75 Å². The molecule has 2 aliphatic rings. The summed E-state index contributed by atoms with van der Waals surface area (Å²) in [4.78, 5) is 26.2. The molecule has 1 N–H and O–H groups in total. The number of hydrogen-bond acceptors (Lipinski definition) is 5. The second-order valence-corrected chi connectivity index (χ2v) is 8.76. The van der Waals surface area contributed by atoms with E-state index in [2.05, 4.69) is 5.32 Å². The van der Waals surface area contributed by atoms with Crippen LogP contribution in [-0.4, -0.2) is 56.3 Å². The number of benzene rings is 1. The highest BCUT2D eigenvalue weighted by atomic mass is 32.2. The Kier molecular flexibility index (Phi) is 4.99. The van der Waals surface area contributed by atoms with Crippen molar-refractivity contribution >= 4 is 21.7 Å². The van der Waals surface area contributed by atoms with E-state index in [0.717, 1.165) is 5.56 Å². The highest BCUT2D eigenvalue weighted by molar-refractivity contribution is 7.91. The summed E-state index contributed by atoms with van der Waals surface area (Å²) in [6, 6.07) is 7.13. The minimum Gasteiger partial charge on any atom is -0.496 e. The van der Waals surface area contributed by atoms with E-state index in [4.69, 9.17) is 4.74 Å². The lowest BCUT2D eigenvalue weighted by atomic mass is 10.1. The van der Waals surface area contributed by atoms with Crippen molar-refractivity contribution in [3.8, 4) is 5.75 Å². The summed E-state index contributed by atoms with van der Waals surface area (Å²) in [5.41, 5.74) is 0.862. The lowest BCUT2D eigenvalue weighted by Crippen LogP contribution is -2.39. The summed E-state index contributed by atoms with van der Waals surface area (Å²) in [6.45, 7) is 0.613. The Morgan fingerprint density at radius 1 is 1.36 bits per heavy atom. The van der Waals surface area contributed by atoms with Crippen molar-refractivity contribution in [3.05, 3.63) is 29.8 Å². The van der Waals surface area contributed by atoms with Crippen LogP contribution in [0, 0.1) is 5.92 Å². The van der Waals surface area contributed by atoms with Gasteiger partial charge < -0.3 is 15.0 Å². The quantitative estimate of drug-likeness (QED) is 0.812. The van der Waals surface area contributed by atoms with Gasteiger partial charge in [-0.05, 0) is 12.5 Å². The Hall–Kier alpha value is -2.09. The molecule has 0 spiro atoms. The van der Waals surface area contributed by atoms with Crippen molar-refractivity contribution in [2.45, 2.75) is 25.4 Å². The van der Waals surface area contributed by atoms with E-state index in [1.165, 1.54) is 0 Å². The zero-order valence-corrected chi connectivity index (χ0v) is 14.9. The number of amides is 2. The molecule has 1 aromatic rings. The number of methoxy groups -OCH3 is 1. The summed E-state index contributed by atoms with van der Waals surface area (Å²) in [5, 5.41) is 2.85. The molecule has 2 amide bonds. The highest BCUT2D eigenvalue weighted by Gasteiger charge is 2.41. The summed E-state index contributed by atoms with van der Waals surface area (Å²) in [6.07, 6.45) is 0.595. The van der Waals surface area contributed by atoms with Crippen molar-refractivity contribution in [3.63, 3.8) is 0 Å². The fraction of sp³-hybridized carbons (Fsp3) is 0.529. The Labute approximate surface area is 147 Å². The van der Waals surface area contributed by atoms with E-state index in [1.807, 2.05) is 24.3 Å². The first kappa shape index (κ1) is 17.7. The number of carbonyl (C=O) groups excluding carboxylic acids is 2. The highest BCUT2D eigenvalue weighted by Crippen LogP contribution is 2.26. The van der Waals surface area contributed by atoms with Crippen molar-refractivity contribution in [2.75, 3.05) is 25.2 Å². The molecule has 2 unspecified atom stereocenters. The van der Waals surface area contributed by atoms with Crippen LogP contribution in [0.5, 0.6) is 5.75 Å². The molecular formula is C17H22N2O5S. The molecule has 7 nitrogen and oxygen atoms in total. The minimum atomic E-state index is -3.06. The third-order valence-corrected chi connectivity index (χ3v) is 6.57. The van der Waals surface area contributed by atoms with Crippen LogP contribution >= 0.6 is 0 Å². The molecule has 2 aliphatic heterocycles. The first-order chi connectivity index (χ1) is 11.9. The Balaban J connectivity index is 1.58. The number of likely N-dealkylation sites (tertiary alicyclic amines) is 1. The van der Waals surface area contributed by atoms with E-state index < -0.39 is 15.8 Å². The van der Waals surface area contributed by atoms with Gasteiger partial charge >= 0.3 is 0 Å². The molecule has 1 aromatic carbocycles. The van der Waals surface area contributed by atoms with Crippen LogP contribution < -0.4 is 10.1 Å². The number of sulfone groups is 1. The van der Waals surface area contributed by atoms with Crippen LogP contribution in [0.25, 0.3) is 0 Å². The molecule has 2 fully saturated rings. The molecule has 0 radical (unpaired) electrons. The fourth-order valence-electron chi connectivity index (χ4n) is 3.46. The third-order valence-electron chi connectivity index (χ3n) is 4.82. The summed E-state index contributed by atoms with van der Waals surface area (Å²) >= 11 is 0. The molecule has 25 heavy (non-hydrogen) atoms. The van der Waals surface area contributed by atoms with E-state index in [-0.39, 0.29) is 42.3 Å². The van der Waals surface area contributed by atoms with Crippen LogP contribution in [0.4, 0.5) is 0 Å². The van der Waals surface area contributed by atoms with E-state index in [0.29, 0.717) is 18.7 Å². The molecule has 2 atom stereocenters. The standard InChI is InChI=1S/C17H22N2O5S/c1-24-15-5-3-2-4-12(15)9-18-17(21)13-8-16(20)19(10-13)14-6-7-25(22,23)11-14/h2-5,13-14H,6-11H2,1H3,(H,18,21). The molecule has 0 bridgehead atoms. The van der Waals surface area contributed by atoms with Crippen LogP contribution in [-0.2, 0) is 26.0 Å². The van der Waals surface area contributed by atoms with Crippen LogP contribution in [0.2, 0.25) is 0 Å². The van der Waals surface area contributed by atoms with Gasteiger partial charge in [-0.1, -0.05) is 18.2 Å². The predicted molar refractivity (Wildman–Crippen MR) is 91.7 cm³/mol. The van der Waals surface area contributed by atoms with E-state index in [1.54, 1.807) is 12.0 Å². The smallest absolute Gasteiger partial charge is 0.225 e. The Morgan fingerprint density at radius 2 is 2.12 bits per heavy atom. The van der Waals surface area contributed by atoms with E-state index >= 15 is 0 Å². The van der Waals surface area contributed by atoms with Crippen molar-refractivity contribution < 1.29 is 22.7 Å². The number of nitrogens with one attached hydrogen (secondary N) is 1. The first-order valence-corrected chi connectivity index (χ1v) is 10.1. The molecule has 0 aliphatic carbocycles. The maximum atomic E-state index is 12.4. The average Bonchev–Trinajstić information content (AvgIpc) is 3.15. The predicted octanol–water partition coefficient (Wildman–Crippen LogP) is 0.347. The number of hydrogen-bond donors (Lipinski definition) is 1. The van der Waals surface area contributed by atoms with Gasteiger partial charge in [0.2, 0.25) is 11.8 Å². The molecule has 0 saturated carbocycles. The zero-order valence-electron chi connectivity index (χ0n) is 14.1. The number of para-hydroxylation sites is 1. The maximum Gasteiger partial charge on any atom is 0.225 e. The SMILES string of the molecule is COc1ccccc1CNC(=O)C1CC(=O)N(C2CCS(=O)(=O)C2)C1. The lowest BCUT2D eigenvalue weighted by molar-refractivity contribution is -0.130. The first-order valence-electron chi connectivity index (χ1n) is 8.29. The van der Waals surface area contributed by atoms with Gasteiger partial charge in [-0.3, -0.25) is 9.59 Å².